The van der Waals surface area contributed by atoms with E-state index in [0.717, 1.165) is 16.0 Å². The zero-order valence-electron chi connectivity index (χ0n) is 9.31. The van der Waals surface area contributed by atoms with Crippen LogP contribution in [0.1, 0.15) is 18.4 Å². The van der Waals surface area contributed by atoms with Gasteiger partial charge in [-0.15, -0.1) is 11.3 Å². The SMILES string of the molecule is CC(C(=O)N(C)N)c1csc2ccccc12. The van der Waals surface area contributed by atoms with E-state index in [1.54, 1.807) is 18.4 Å². The molecule has 0 saturated heterocycles. The van der Waals surface area contributed by atoms with Gasteiger partial charge in [0.15, 0.2) is 0 Å². The number of amides is 1. The largest absolute Gasteiger partial charge is 0.283 e. The summed E-state index contributed by atoms with van der Waals surface area (Å²) in [6.45, 7) is 1.89. The quantitative estimate of drug-likeness (QED) is 0.492. The zero-order valence-corrected chi connectivity index (χ0v) is 10.1. The molecule has 1 atom stereocenters. The fraction of sp³-hybridized carbons (Fsp3) is 0.250. The normalized spacial score (nSPS) is 12.7. The van der Waals surface area contributed by atoms with Crippen LogP contribution in [0.15, 0.2) is 29.6 Å². The molecule has 0 bridgehead atoms. The average molecular weight is 234 g/mol. The molecule has 1 aromatic heterocycles. The molecule has 0 radical (unpaired) electrons. The lowest BCUT2D eigenvalue weighted by atomic mass is 10.00. The third-order valence-electron chi connectivity index (χ3n) is 2.70. The van der Waals surface area contributed by atoms with E-state index >= 15 is 0 Å². The van der Waals surface area contributed by atoms with Crippen LogP contribution in [0.3, 0.4) is 0 Å². The number of nitrogens with zero attached hydrogens (tertiary/aromatic N) is 1. The van der Waals surface area contributed by atoms with Crippen molar-refractivity contribution in [1.82, 2.24) is 5.01 Å². The number of benzene rings is 1. The molecule has 0 spiro atoms. The molecule has 84 valence electrons. The number of hydrogen-bond donors (Lipinski definition) is 1. The Bertz CT molecular complexity index is 518. The Labute approximate surface area is 98.4 Å². The molecule has 2 rings (SSSR count). The van der Waals surface area contributed by atoms with E-state index in [-0.39, 0.29) is 11.8 Å². The molecular weight excluding hydrogens is 220 g/mol. The molecule has 0 aliphatic carbocycles. The highest BCUT2D eigenvalue weighted by Gasteiger charge is 2.20. The predicted molar refractivity (Wildman–Crippen MR) is 67.2 cm³/mol. The zero-order chi connectivity index (χ0) is 11.7. The highest BCUT2D eigenvalue weighted by atomic mass is 32.1. The van der Waals surface area contributed by atoms with Crippen LogP contribution in [-0.2, 0) is 4.79 Å². The highest BCUT2D eigenvalue weighted by molar-refractivity contribution is 7.17. The van der Waals surface area contributed by atoms with Crippen molar-refractivity contribution in [2.75, 3.05) is 7.05 Å². The second-order valence-corrected chi connectivity index (χ2v) is 4.77. The maximum Gasteiger partial charge on any atom is 0.243 e. The predicted octanol–water partition coefficient (Wildman–Crippen LogP) is 2.34. The van der Waals surface area contributed by atoms with E-state index < -0.39 is 0 Å². The van der Waals surface area contributed by atoms with E-state index in [0.29, 0.717) is 0 Å². The fourth-order valence-electron chi connectivity index (χ4n) is 1.77. The number of likely N-dealkylation sites (N-methyl/N-ethyl adjacent to an activating group) is 1. The number of fused-ring (bicyclic) bond motifs is 1. The van der Waals surface area contributed by atoms with Gasteiger partial charge in [0, 0.05) is 11.7 Å². The first-order chi connectivity index (χ1) is 7.61. The van der Waals surface area contributed by atoms with Gasteiger partial charge in [-0.1, -0.05) is 18.2 Å². The van der Waals surface area contributed by atoms with Crippen LogP contribution >= 0.6 is 11.3 Å². The fourth-order valence-corrected chi connectivity index (χ4v) is 2.83. The van der Waals surface area contributed by atoms with Gasteiger partial charge in [0.2, 0.25) is 5.91 Å². The summed E-state index contributed by atoms with van der Waals surface area (Å²) in [6.07, 6.45) is 0. The Kier molecular flexibility index (Phi) is 2.94. The van der Waals surface area contributed by atoms with Crippen molar-refractivity contribution >= 4 is 27.3 Å². The Morgan fingerprint density at radius 3 is 2.81 bits per heavy atom. The summed E-state index contributed by atoms with van der Waals surface area (Å²) in [5.74, 6) is 5.22. The van der Waals surface area contributed by atoms with E-state index in [4.69, 9.17) is 5.84 Å². The number of nitrogens with two attached hydrogens (primary N) is 1. The molecule has 1 unspecified atom stereocenters. The van der Waals surface area contributed by atoms with Crippen LogP contribution in [0.25, 0.3) is 10.1 Å². The third kappa shape index (κ3) is 1.81. The monoisotopic (exact) mass is 234 g/mol. The first kappa shape index (κ1) is 11.1. The number of carbonyl (C=O) groups is 1. The summed E-state index contributed by atoms with van der Waals surface area (Å²) in [5, 5.41) is 4.34. The van der Waals surface area contributed by atoms with Crippen LogP contribution < -0.4 is 5.84 Å². The molecule has 2 aromatic rings. The summed E-state index contributed by atoms with van der Waals surface area (Å²) >= 11 is 1.66. The van der Waals surface area contributed by atoms with E-state index in [2.05, 4.69) is 6.07 Å². The lowest BCUT2D eigenvalue weighted by Gasteiger charge is -2.15. The molecule has 0 saturated carbocycles. The van der Waals surface area contributed by atoms with E-state index in [9.17, 15) is 4.79 Å². The first-order valence-corrected chi connectivity index (χ1v) is 5.97. The van der Waals surface area contributed by atoms with Crippen molar-refractivity contribution in [2.24, 2.45) is 5.84 Å². The molecule has 1 aromatic carbocycles. The maximum absolute atomic E-state index is 11.8. The summed E-state index contributed by atoms with van der Waals surface area (Å²) < 4.78 is 1.21. The Hall–Kier alpha value is -1.39. The van der Waals surface area contributed by atoms with Crippen molar-refractivity contribution in [3.63, 3.8) is 0 Å². The molecule has 0 aliphatic rings. The number of carbonyl (C=O) groups excluding carboxylic acids is 1. The number of hydrogen-bond acceptors (Lipinski definition) is 3. The second-order valence-electron chi connectivity index (χ2n) is 3.86. The van der Waals surface area contributed by atoms with Crippen LogP contribution in [0.4, 0.5) is 0 Å². The van der Waals surface area contributed by atoms with Crippen molar-refractivity contribution < 1.29 is 4.79 Å². The van der Waals surface area contributed by atoms with Gasteiger partial charge in [0.1, 0.15) is 0 Å². The minimum Gasteiger partial charge on any atom is -0.283 e. The minimum absolute atomic E-state index is 0.0662. The standard InChI is InChI=1S/C12H14N2OS/c1-8(12(15)14(2)13)10-7-16-11-6-4-3-5-9(10)11/h3-8H,13H2,1-2H3. The smallest absolute Gasteiger partial charge is 0.243 e. The van der Waals surface area contributed by atoms with Gasteiger partial charge in [0.25, 0.3) is 0 Å². The average Bonchev–Trinajstić information content (AvgIpc) is 2.70. The van der Waals surface area contributed by atoms with Gasteiger partial charge in [-0.3, -0.25) is 9.80 Å². The maximum atomic E-state index is 11.8. The molecule has 3 nitrogen and oxygen atoms in total. The molecule has 0 aliphatic heterocycles. The van der Waals surface area contributed by atoms with Gasteiger partial charge in [0.05, 0.1) is 5.92 Å². The third-order valence-corrected chi connectivity index (χ3v) is 3.68. The Balaban J connectivity index is 2.44. The first-order valence-electron chi connectivity index (χ1n) is 5.09. The molecule has 1 amide bonds. The molecule has 1 heterocycles. The topological polar surface area (TPSA) is 46.3 Å². The van der Waals surface area contributed by atoms with Crippen molar-refractivity contribution in [2.45, 2.75) is 12.8 Å². The van der Waals surface area contributed by atoms with E-state index in [1.807, 2.05) is 30.5 Å². The van der Waals surface area contributed by atoms with Crippen molar-refractivity contribution in [3.05, 3.63) is 35.2 Å². The van der Waals surface area contributed by atoms with Crippen LogP contribution in [0.5, 0.6) is 0 Å². The number of rotatable bonds is 2. The minimum atomic E-state index is -0.189. The van der Waals surface area contributed by atoms with E-state index in [1.165, 1.54) is 4.70 Å². The number of hydrazine groups is 1. The summed E-state index contributed by atoms with van der Waals surface area (Å²) in [5.41, 5.74) is 1.06. The van der Waals surface area contributed by atoms with Crippen molar-refractivity contribution in [1.29, 1.82) is 0 Å². The van der Waals surface area contributed by atoms with Gasteiger partial charge >= 0.3 is 0 Å². The van der Waals surface area contributed by atoms with Crippen LogP contribution in [-0.4, -0.2) is 18.0 Å². The molecular formula is C12H14N2OS. The lowest BCUT2D eigenvalue weighted by Crippen LogP contribution is -2.36. The molecule has 16 heavy (non-hydrogen) atoms. The van der Waals surface area contributed by atoms with Gasteiger partial charge in [-0.2, -0.15) is 0 Å². The summed E-state index contributed by atoms with van der Waals surface area (Å²) in [4.78, 5) is 11.8. The summed E-state index contributed by atoms with van der Waals surface area (Å²) in [7, 11) is 1.58. The lowest BCUT2D eigenvalue weighted by molar-refractivity contribution is -0.131. The van der Waals surface area contributed by atoms with Crippen LogP contribution in [0.2, 0.25) is 0 Å². The Morgan fingerprint density at radius 2 is 2.12 bits per heavy atom. The summed E-state index contributed by atoms with van der Waals surface area (Å²) in [6, 6.07) is 8.10. The molecule has 0 fully saturated rings. The van der Waals surface area contributed by atoms with Gasteiger partial charge in [-0.25, -0.2) is 5.84 Å². The highest BCUT2D eigenvalue weighted by Crippen LogP contribution is 2.31. The molecule has 2 N–H and O–H groups in total. The Morgan fingerprint density at radius 1 is 1.44 bits per heavy atom. The number of thiophene rings is 1. The van der Waals surface area contributed by atoms with Crippen LogP contribution in [0, 0.1) is 0 Å². The molecule has 4 heteroatoms. The second kappa shape index (κ2) is 4.23. The van der Waals surface area contributed by atoms with Crippen molar-refractivity contribution in [3.8, 4) is 0 Å². The van der Waals surface area contributed by atoms with Gasteiger partial charge in [-0.05, 0) is 29.3 Å². The van der Waals surface area contributed by atoms with Gasteiger partial charge < -0.3 is 0 Å².